The molecule has 0 radical (unpaired) electrons. The highest BCUT2D eigenvalue weighted by Crippen LogP contribution is 2.24. The Kier molecular flexibility index (Phi) is 4.51. The molecule has 0 bridgehead atoms. The van der Waals surface area contributed by atoms with Crippen LogP contribution in [0.15, 0.2) is 41.3 Å². The van der Waals surface area contributed by atoms with E-state index in [1.54, 1.807) is 43.6 Å². The monoisotopic (exact) mass is 370 g/mol. The lowest BCUT2D eigenvalue weighted by molar-refractivity contribution is 0.471. The molecule has 0 amide bonds. The molecule has 7 heteroatoms. The van der Waals surface area contributed by atoms with Crippen molar-refractivity contribution in [2.75, 3.05) is 5.32 Å². The van der Waals surface area contributed by atoms with Crippen LogP contribution < -0.4 is 15.6 Å². The average molecular weight is 371 g/mol. The number of rotatable bonds is 4. The Hall–Kier alpha value is -2.60. The van der Waals surface area contributed by atoms with E-state index in [4.69, 9.17) is 16.3 Å². The normalized spacial score (nSPS) is 14.7. The highest BCUT2D eigenvalue weighted by atomic mass is 35.5. The first kappa shape index (κ1) is 16.8. The molecule has 1 aromatic carbocycles. The number of nitrogens with one attached hydrogen (secondary N) is 1. The summed E-state index contributed by atoms with van der Waals surface area (Å²) >= 11 is 5.88. The zero-order valence-corrected chi connectivity index (χ0v) is 15.2. The molecule has 1 N–H and O–H groups in total. The van der Waals surface area contributed by atoms with E-state index >= 15 is 0 Å². The van der Waals surface area contributed by atoms with Gasteiger partial charge in [-0.3, -0.25) is 9.36 Å². The third kappa shape index (κ3) is 3.37. The maximum Gasteiger partial charge on any atom is 0.294 e. The molecule has 4 rings (SSSR count). The summed E-state index contributed by atoms with van der Waals surface area (Å²) in [6, 6.07) is 8.95. The van der Waals surface area contributed by atoms with Crippen LogP contribution in [0.2, 0.25) is 5.02 Å². The number of benzene rings is 1. The van der Waals surface area contributed by atoms with E-state index in [2.05, 4.69) is 15.3 Å². The number of hydrogen-bond acceptors (Lipinski definition) is 5. The minimum atomic E-state index is -0.252. The van der Waals surface area contributed by atoms with Crippen molar-refractivity contribution in [2.24, 2.45) is 7.05 Å². The second-order valence-corrected chi connectivity index (χ2v) is 6.96. The fourth-order valence-corrected chi connectivity index (χ4v) is 3.37. The van der Waals surface area contributed by atoms with E-state index in [1.807, 2.05) is 0 Å². The fourth-order valence-electron chi connectivity index (χ4n) is 3.24. The summed E-state index contributed by atoms with van der Waals surface area (Å²) in [4.78, 5) is 21.6. The molecular weight excluding hydrogens is 352 g/mol. The Morgan fingerprint density at radius 3 is 2.69 bits per heavy atom. The summed E-state index contributed by atoms with van der Waals surface area (Å²) < 4.78 is 7.22. The molecule has 3 aromatic rings. The first-order valence-corrected chi connectivity index (χ1v) is 9.05. The van der Waals surface area contributed by atoms with Gasteiger partial charge in [-0.25, -0.2) is 4.98 Å². The predicted octanol–water partition coefficient (Wildman–Crippen LogP) is 4.13. The average Bonchev–Trinajstić information content (AvgIpc) is 3.15. The van der Waals surface area contributed by atoms with Crippen LogP contribution in [0.4, 0.5) is 5.95 Å². The molecule has 0 saturated heterocycles. The molecule has 0 unspecified atom stereocenters. The molecule has 1 saturated carbocycles. The first-order valence-electron chi connectivity index (χ1n) is 8.67. The standard InChI is InChI=1S/C19H19ClN4O2/c1-24-17-12(11-21-19(23-17)22-14-4-2-3-5-14)10-16(18(24)25)26-15-8-6-13(20)7-9-15/h6-11,14H,2-5H2,1H3,(H,21,22,23). The quantitative estimate of drug-likeness (QED) is 0.747. The van der Waals surface area contributed by atoms with Gasteiger partial charge < -0.3 is 10.1 Å². The van der Waals surface area contributed by atoms with Crippen molar-refractivity contribution in [3.63, 3.8) is 0 Å². The van der Waals surface area contributed by atoms with Gasteiger partial charge in [0, 0.05) is 29.7 Å². The summed E-state index contributed by atoms with van der Waals surface area (Å²) in [5.41, 5.74) is 0.326. The number of anilines is 1. The molecule has 2 aromatic heterocycles. The Morgan fingerprint density at radius 1 is 1.23 bits per heavy atom. The topological polar surface area (TPSA) is 69.0 Å². The van der Waals surface area contributed by atoms with Crippen molar-refractivity contribution in [3.8, 4) is 11.5 Å². The van der Waals surface area contributed by atoms with Crippen LogP contribution >= 0.6 is 11.6 Å². The van der Waals surface area contributed by atoms with Crippen LogP contribution in [0.25, 0.3) is 11.0 Å². The molecule has 6 nitrogen and oxygen atoms in total. The van der Waals surface area contributed by atoms with Crippen molar-refractivity contribution in [3.05, 3.63) is 51.9 Å². The predicted molar refractivity (Wildman–Crippen MR) is 102 cm³/mol. The zero-order chi connectivity index (χ0) is 18.1. The molecule has 0 atom stereocenters. The third-order valence-electron chi connectivity index (χ3n) is 4.65. The maximum absolute atomic E-state index is 12.6. The van der Waals surface area contributed by atoms with Gasteiger partial charge in [0.1, 0.15) is 11.4 Å². The summed E-state index contributed by atoms with van der Waals surface area (Å²) in [6.07, 6.45) is 6.44. The van der Waals surface area contributed by atoms with Crippen molar-refractivity contribution in [1.29, 1.82) is 0 Å². The van der Waals surface area contributed by atoms with E-state index in [0.29, 0.717) is 28.4 Å². The Morgan fingerprint density at radius 2 is 1.96 bits per heavy atom. The number of nitrogens with zero attached hydrogens (tertiary/aromatic N) is 3. The number of halogens is 1. The van der Waals surface area contributed by atoms with Gasteiger partial charge in [-0.05, 0) is 43.2 Å². The Labute approximate surface area is 155 Å². The number of pyridine rings is 1. The highest BCUT2D eigenvalue weighted by molar-refractivity contribution is 6.30. The van der Waals surface area contributed by atoms with Crippen LogP contribution in [-0.2, 0) is 7.05 Å². The molecule has 1 fully saturated rings. The number of fused-ring (bicyclic) bond motifs is 1. The SMILES string of the molecule is Cn1c(=O)c(Oc2ccc(Cl)cc2)cc2cnc(NC3CCCC3)nc21. The van der Waals surface area contributed by atoms with Gasteiger partial charge in [-0.15, -0.1) is 0 Å². The van der Waals surface area contributed by atoms with E-state index in [1.165, 1.54) is 17.4 Å². The summed E-state index contributed by atoms with van der Waals surface area (Å²) in [5.74, 6) is 1.33. The molecule has 26 heavy (non-hydrogen) atoms. The third-order valence-corrected chi connectivity index (χ3v) is 4.90. The lowest BCUT2D eigenvalue weighted by Gasteiger charge is -2.13. The molecule has 134 valence electrons. The van der Waals surface area contributed by atoms with E-state index in [-0.39, 0.29) is 11.3 Å². The molecule has 0 aliphatic heterocycles. The number of ether oxygens (including phenoxy) is 1. The van der Waals surface area contributed by atoms with E-state index in [0.717, 1.165) is 18.2 Å². The molecule has 2 heterocycles. The van der Waals surface area contributed by atoms with E-state index < -0.39 is 0 Å². The smallest absolute Gasteiger partial charge is 0.294 e. The lowest BCUT2D eigenvalue weighted by Crippen LogP contribution is -2.21. The molecular formula is C19H19ClN4O2. The van der Waals surface area contributed by atoms with Gasteiger partial charge in [-0.1, -0.05) is 24.4 Å². The Balaban J connectivity index is 1.67. The van der Waals surface area contributed by atoms with Crippen molar-refractivity contribution < 1.29 is 4.74 Å². The second kappa shape index (κ2) is 6.96. The molecule has 1 aliphatic carbocycles. The van der Waals surface area contributed by atoms with Crippen LogP contribution in [0.5, 0.6) is 11.5 Å². The van der Waals surface area contributed by atoms with Crippen molar-refractivity contribution in [2.45, 2.75) is 31.7 Å². The van der Waals surface area contributed by atoms with Gasteiger partial charge >= 0.3 is 0 Å². The van der Waals surface area contributed by atoms with E-state index in [9.17, 15) is 4.79 Å². The van der Waals surface area contributed by atoms with Gasteiger partial charge in [0.25, 0.3) is 5.56 Å². The van der Waals surface area contributed by atoms with Crippen LogP contribution in [0.1, 0.15) is 25.7 Å². The minimum Gasteiger partial charge on any atom is -0.452 e. The van der Waals surface area contributed by atoms with Crippen LogP contribution in [0.3, 0.4) is 0 Å². The summed E-state index contributed by atoms with van der Waals surface area (Å²) in [5, 5.41) is 4.71. The van der Waals surface area contributed by atoms with Crippen LogP contribution in [-0.4, -0.2) is 20.6 Å². The number of hydrogen-bond donors (Lipinski definition) is 1. The summed E-state index contributed by atoms with van der Waals surface area (Å²) in [7, 11) is 1.69. The maximum atomic E-state index is 12.6. The zero-order valence-electron chi connectivity index (χ0n) is 14.4. The Bertz CT molecular complexity index is 995. The minimum absolute atomic E-state index is 0.224. The fraction of sp³-hybridized carbons (Fsp3) is 0.316. The van der Waals surface area contributed by atoms with Gasteiger partial charge in [0.2, 0.25) is 5.95 Å². The highest BCUT2D eigenvalue weighted by Gasteiger charge is 2.17. The number of aromatic nitrogens is 3. The molecule has 1 aliphatic rings. The lowest BCUT2D eigenvalue weighted by atomic mass is 10.2. The van der Waals surface area contributed by atoms with Crippen molar-refractivity contribution in [1.82, 2.24) is 14.5 Å². The summed E-state index contributed by atoms with van der Waals surface area (Å²) in [6.45, 7) is 0. The van der Waals surface area contributed by atoms with Gasteiger partial charge in [0.15, 0.2) is 5.75 Å². The largest absolute Gasteiger partial charge is 0.452 e. The van der Waals surface area contributed by atoms with Gasteiger partial charge in [-0.2, -0.15) is 4.98 Å². The van der Waals surface area contributed by atoms with Crippen LogP contribution in [0, 0.1) is 0 Å². The molecule has 0 spiro atoms. The van der Waals surface area contributed by atoms with Crippen molar-refractivity contribution >= 4 is 28.6 Å². The first-order chi connectivity index (χ1) is 12.6. The number of aryl methyl sites for hydroxylation is 1. The van der Waals surface area contributed by atoms with Gasteiger partial charge in [0.05, 0.1) is 0 Å². The second-order valence-electron chi connectivity index (χ2n) is 6.53.